The molecule has 1 aromatic heterocycles. The summed E-state index contributed by atoms with van der Waals surface area (Å²) in [4.78, 5) is 19.5. The van der Waals surface area contributed by atoms with Gasteiger partial charge in [-0.1, -0.05) is 0 Å². The van der Waals surface area contributed by atoms with Gasteiger partial charge in [-0.15, -0.1) is 0 Å². The van der Waals surface area contributed by atoms with Gasteiger partial charge in [0.15, 0.2) is 0 Å². The minimum Gasteiger partial charge on any atom is -0.340 e. The van der Waals surface area contributed by atoms with E-state index in [0.29, 0.717) is 6.54 Å². The first-order valence-electron chi connectivity index (χ1n) is 6.32. The maximum Gasteiger partial charge on any atom is 0.219 e. The summed E-state index contributed by atoms with van der Waals surface area (Å²) in [5, 5.41) is 0. The van der Waals surface area contributed by atoms with Crippen molar-refractivity contribution >= 4 is 5.91 Å². The third kappa shape index (κ3) is 2.86. The van der Waals surface area contributed by atoms with Gasteiger partial charge in [0.2, 0.25) is 5.91 Å². The Labute approximate surface area is 108 Å². The summed E-state index contributed by atoms with van der Waals surface area (Å²) in [5.41, 5.74) is 7.09. The van der Waals surface area contributed by atoms with E-state index in [2.05, 4.69) is 9.88 Å². The van der Waals surface area contributed by atoms with Crippen LogP contribution < -0.4 is 5.73 Å². The number of nitrogens with two attached hydrogens (primary N) is 1. The second-order valence-electron chi connectivity index (χ2n) is 4.57. The molecule has 0 aromatic carbocycles. The molecule has 0 radical (unpaired) electrons. The number of amides is 1. The van der Waals surface area contributed by atoms with Gasteiger partial charge in [-0.25, -0.2) is 0 Å². The van der Waals surface area contributed by atoms with Gasteiger partial charge < -0.3 is 10.6 Å². The molecule has 2 rings (SSSR count). The van der Waals surface area contributed by atoms with Gasteiger partial charge in [0.05, 0.1) is 0 Å². The summed E-state index contributed by atoms with van der Waals surface area (Å²) < 4.78 is 0. The number of aromatic nitrogens is 1. The molecule has 1 unspecified atom stereocenters. The van der Waals surface area contributed by atoms with Crippen LogP contribution in [-0.2, 0) is 4.79 Å². The fourth-order valence-electron chi connectivity index (χ4n) is 2.43. The topological polar surface area (TPSA) is 62.5 Å². The summed E-state index contributed by atoms with van der Waals surface area (Å²) in [6.45, 7) is 5.55. The number of piperazine rings is 1. The molecule has 2 heterocycles. The highest BCUT2D eigenvalue weighted by atomic mass is 16.2. The van der Waals surface area contributed by atoms with Crippen molar-refractivity contribution in [2.24, 2.45) is 5.73 Å². The minimum atomic E-state index is 0.155. The Morgan fingerprint density at radius 3 is 2.44 bits per heavy atom. The highest BCUT2D eigenvalue weighted by molar-refractivity contribution is 5.73. The van der Waals surface area contributed by atoms with Gasteiger partial charge >= 0.3 is 0 Å². The van der Waals surface area contributed by atoms with Gasteiger partial charge in [-0.05, 0) is 17.7 Å². The second kappa shape index (κ2) is 5.93. The lowest BCUT2D eigenvalue weighted by Gasteiger charge is -2.38. The molecule has 5 nitrogen and oxygen atoms in total. The van der Waals surface area contributed by atoms with E-state index in [1.807, 2.05) is 17.0 Å². The number of carbonyl (C=O) groups excluding carboxylic acids is 1. The predicted molar refractivity (Wildman–Crippen MR) is 69.9 cm³/mol. The number of rotatable bonds is 3. The molecule has 0 aliphatic carbocycles. The molecule has 18 heavy (non-hydrogen) atoms. The van der Waals surface area contributed by atoms with Crippen molar-refractivity contribution in [2.75, 3.05) is 32.7 Å². The number of pyridine rings is 1. The van der Waals surface area contributed by atoms with E-state index in [9.17, 15) is 4.79 Å². The van der Waals surface area contributed by atoms with E-state index in [4.69, 9.17) is 5.73 Å². The molecule has 5 heteroatoms. The fourth-order valence-corrected chi connectivity index (χ4v) is 2.43. The molecule has 1 amide bonds. The maximum absolute atomic E-state index is 11.3. The predicted octanol–water partition coefficient (Wildman–Crippen LogP) is 0.246. The Kier molecular flexibility index (Phi) is 4.28. The van der Waals surface area contributed by atoms with Crippen LogP contribution >= 0.6 is 0 Å². The van der Waals surface area contributed by atoms with Gasteiger partial charge in [0.25, 0.3) is 0 Å². The number of nitrogens with zero attached hydrogens (tertiary/aromatic N) is 3. The molecule has 98 valence electrons. The summed E-state index contributed by atoms with van der Waals surface area (Å²) in [6.07, 6.45) is 3.59. The molecule has 0 bridgehead atoms. The lowest BCUT2D eigenvalue weighted by atomic mass is 10.1. The standard InChI is InChI=1S/C13H20N4O/c1-11(18)16-6-8-17(9-7-16)13(10-14)12-2-4-15-5-3-12/h2-5,13H,6-10,14H2,1H3. The third-order valence-corrected chi connectivity index (χ3v) is 3.51. The molecule has 1 atom stereocenters. The number of hydrogen-bond donors (Lipinski definition) is 1. The first kappa shape index (κ1) is 13.0. The molecular weight excluding hydrogens is 228 g/mol. The normalized spacial score (nSPS) is 18.7. The molecule has 1 aliphatic heterocycles. The van der Waals surface area contributed by atoms with Crippen molar-refractivity contribution < 1.29 is 4.79 Å². The van der Waals surface area contributed by atoms with Crippen LogP contribution in [0.15, 0.2) is 24.5 Å². The average Bonchev–Trinajstić information content (AvgIpc) is 2.41. The molecule has 0 spiro atoms. The zero-order chi connectivity index (χ0) is 13.0. The number of hydrogen-bond acceptors (Lipinski definition) is 4. The lowest BCUT2D eigenvalue weighted by molar-refractivity contribution is -0.130. The SMILES string of the molecule is CC(=O)N1CCN(C(CN)c2ccncc2)CC1. The van der Waals surface area contributed by atoms with Crippen LogP contribution in [0.4, 0.5) is 0 Å². The lowest BCUT2D eigenvalue weighted by Crippen LogP contribution is -2.50. The van der Waals surface area contributed by atoms with E-state index < -0.39 is 0 Å². The Hall–Kier alpha value is -1.46. The Balaban J connectivity index is 2.01. The molecule has 1 saturated heterocycles. The van der Waals surface area contributed by atoms with E-state index in [0.717, 1.165) is 26.2 Å². The van der Waals surface area contributed by atoms with Gasteiger partial charge in [-0.3, -0.25) is 14.7 Å². The first-order valence-corrected chi connectivity index (χ1v) is 6.32. The smallest absolute Gasteiger partial charge is 0.219 e. The summed E-state index contributed by atoms with van der Waals surface area (Å²) in [7, 11) is 0. The minimum absolute atomic E-state index is 0.155. The van der Waals surface area contributed by atoms with Gasteiger partial charge in [-0.2, -0.15) is 0 Å². The van der Waals surface area contributed by atoms with E-state index >= 15 is 0 Å². The summed E-state index contributed by atoms with van der Waals surface area (Å²) in [6, 6.07) is 4.24. The Morgan fingerprint density at radius 2 is 1.94 bits per heavy atom. The summed E-state index contributed by atoms with van der Waals surface area (Å²) in [5.74, 6) is 0.155. The molecule has 0 saturated carbocycles. The maximum atomic E-state index is 11.3. The van der Waals surface area contributed by atoms with Crippen LogP contribution in [0, 0.1) is 0 Å². The zero-order valence-electron chi connectivity index (χ0n) is 10.7. The molecule has 1 aromatic rings. The van der Waals surface area contributed by atoms with E-state index in [1.54, 1.807) is 19.3 Å². The Bertz CT molecular complexity index is 387. The van der Waals surface area contributed by atoms with Crippen LogP contribution in [0.25, 0.3) is 0 Å². The van der Waals surface area contributed by atoms with Crippen LogP contribution in [0.5, 0.6) is 0 Å². The highest BCUT2D eigenvalue weighted by Gasteiger charge is 2.24. The van der Waals surface area contributed by atoms with Crippen molar-refractivity contribution in [3.8, 4) is 0 Å². The van der Waals surface area contributed by atoms with Crippen LogP contribution in [0.2, 0.25) is 0 Å². The van der Waals surface area contributed by atoms with E-state index in [-0.39, 0.29) is 11.9 Å². The summed E-state index contributed by atoms with van der Waals surface area (Å²) >= 11 is 0. The quantitative estimate of drug-likeness (QED) is 0.832. The monoisotopic (exact) mass is 248 g/mol. The van der Waals surface area contributed by atoms with Crippen LogP contribution in [-0.4, -0.2) is 53.4 Å². The van der Waals surface area contributed by atoms with Gasteiger partial charge in [0, 0.05) is 58.1 Å². The highest BCUT2D eigenvalue weighted by Crippen LogP contribution is 2.20. The van der Waals surface area contributed by atoms with Crippen molar-refractivity contribution in [3.05, 3.63) is 30.1 Å². The van der Waals surface area contributed by atoms with Crippen LogP contribution in [0.3, 0.4) is 0 Å². The molecule has 1 fully saturated rings. The van der Waals surface area contributed by atoms with Crippen molar-refractivity contribution in [1.29, 1.82) is 0 Å². The van der Waals surface area contributed by atoms with E-state index in [1.165, 1.54) is 5.56 Å². The van der Waals surface area contributed by atoms with Crippen molar-refractivity contribution in [2.45, 2.75) is 13.0 Å². The second-order valence-corrected chi connectivity index (χ2v) is 4.57. The van der Waals surface area contributed by atoms with Crippen molar-refractivity contribution in [1.82, 2.24) is 14.8 Å². The third-order valence-electron chi connectivity index (χ3n) is 3.51. The molecular formula is C13H20N4O. The van der Waals surface area contributed by atoms with Crippen LogP contribution in [0.1, 0.15) is 18.5 Å². The molecule has 2 N–H and O–H groups in total. The molecule has 1 aliphatic rings. The zero-order valence-corrected chi connectivity index (χ0v) is 10.7. The largest absolute Gasteiger partial charge is 0.340 e. The Morgan fingerprint density at radius 1 is 1.33 bits per heavy atom. The average molecular weight is 248 g/mol. The van der Waals surface area contributed by atoms with Crippen molar-refractivity contribution in [3.63, 3.8) is 0 Å². The van der Waals surface area contributed by atoms with Gasteiger partial charge in [0.1, 0.15) is 0 Å². The fraction of sp³-hybridized carbons (Fsp3) is 0.538. The first-order chi connectivity index (χ1) is 8.72. The number of carbonyl (C=O) groups is 1.